The molecular weight excluding hydrogens is 453 g/mol. The zero-order valence-corrected chi connectivity index (χ0v) is 19.0. The highest BCUT2D eigenvalue weighted by Gasteiger charge is 2.42. The van der Waals surface area contributed by atoms with E-state index in [1.54, 1.807) is 0 Å². The summed E-state index contributed by atoms with van der Waals surface area (Å²) < 4.78 is 11.3. The van der Waals surface area contributed by atoms with Crippen LogP contribution in [0.25, 0.3) is 0 Å². The molecular formula is C21H34IN3O2. The largest absolute Gasteiger partial charge is 0.494 e. The molecule has 1 aromatic carbocycles. The number of unbranched alkanes of at least 4 members (excludes halogenated alkanes) is 1. The van der Waals surface area contributed by atoms with Gasteiger partial charge in [0, 0.05) is 38.7 Å². The molecule has 2 aliphatic rings. The molecule has 6 heteroatoms. The van der Waals surface area contributed by atoms with Crippen LogP contribution in [0.5, 0.6) is 5.75 Å². The lowest BCUT2D eigenvalue weighted by Gasteiger charge is -2.25. The number of hydrogen-bond donors (Lipinski definition) is 1. The van der Waals surface area contributed by atoms with Crippen molar-refractivity contribution in [1.82, 2.24) is 10.2 Å². The number of nitrogens with zero attached hydrogens (tertiary/aromatic N) is 2. The van der Waals surface area contributed by atoms with E-state index in [1.807, 2.05) is 7.05 Å². The molecule has 1 unspecified atom stereocenters. The number of halogens is 1. The Morgan fingerprint density at radius 2 is 2.11 bits per heavy atom. The van der Waals surface area contributed by atoms with Crippen LogP contribution in [0, 0.1) is 5.41 Å². The maximum absolute atomic E-state index is 5.72. The highest BCUT2D eigenvalue weighted by atomic mass is 127. The number of ether oxygens (including phenoxy) is 2. The first-order valence-electron chi connectivity index (χ1n) is 10.00. The van der Waals surface area contributed by atoms with Crippen molar-refractivity contribution in [3.8, 4) is 5.75 Å². The van der Waals surface area contributed by atoms with E-state index in [0.717, 1.165) is 70.4 Å². The minimum Gasteiger partial charge on any atom is -0.494 e. The molecule has 0 amide bonds. The summed E-state index contributed by atoms with van der Waals surface area (Å²) in [6.45, 7) is 7.84. The first-order valence-corrected chi connectivity index (χ1v) is 10.00. The molecule has 152 valence electrons. The number of rotatable bonds is 7. The number of benzene rings is 1. The number of likely N-dealkylation sites (tertiary alicyclic amines) is 1. The third-order valence-corrected chi connectivity index (χ3v) is 5.52. The number of guanidine groups is 1. The molecule has 0 aliphatic carbocycles. The van der Waals surface area contributed by atoms with Crippen LogP contribution in [0.15, 0.2) is 29.3 Å². The van der Waals surface area contributed by atoms with Crippen LogP contribution < -0.4 is 10.1 Å². The van der Waals surface area contributed by atoms with Gasteiger partial charge >= 0.3 is 0 Å². The number of hydrogen-bond acceptors (Lipinski definition) is 3. The van der Waals surface area contributed by atoms with Crippen LogP contribution in [-0.2, 0) is 11.2 Å². The fourth-order valence-electron chi connectivity index (χ4n) is 3.82. The third kappa shape index (κ3) is 6.24. The summed E-state index contributed by atoms with van der Waals surface area (Å²) in [4.78, 5) is 6.87. The van der Waals surface area contributed by atoms with Crippen LogP contribution in [0.3, 0.4) is 0 Å². The second-order valence-corrected chi connectivity index (χ2v) is 7.54. The minimum atomic E-state index is 0. The Balaban J connectivity index is 0.00000261. The Hall–Kier alpha value is -1.02. The van der Waals surface area contributed by atoms with Crippen molar-refractivity contribution in [3.05, 3.63) is 29.8 Å². The first-order chi connectivity index (χ1) is 12.7. The van der Waals surface area contributed by atoms with E-state index in [1.165, 1.54) is 18.4 Å². The fourth-order valence-corrected chi connectivity index (χ4v) is 3.82. The van der Waals surface area contributed by atoms with Crippen molar-refractivity contribution < 1.29 is 9.47 Å². The molecule has 2 aliphatic heterocycles. The van der Waals surface area contributed by atoms with E-state index in [4.69, 9.17) is 9.47 Å². The van der Waals surface area contributed by atoms with Crippen LogP contribution in [-0.4, -0.2) is 57.4 Å². The zero-order valence-electron chi connectivity index (χ0n) is 16.7. The molecule has 2 saturated heterocycles. The van der Waals surface area contributed by atoms with Crippen molar-refractivity contribution in [1.29, 1.82) is 0 Å². The Labute approximate surface area is 180 Å². The lowest BCUT2D eigenvalue weighted by Crippen LogP contribution is -2.42. The van der Waals surface area contributed by atoms with Gasteiger partial charge in [-0.05, 0) is 43.4 Å². The SMILES string of the molecule is CCCCOc1ccc(CCNC(=NC)N2CCC3(CCOC3)C2)cc1.I. The summed E-state index contributed by atoms with van der Waals surface area (Å²) in [5, 5.41) is 3.53. The normalized spacial score (nSPS) is 22.1. The second kappa shape index (κ2) is 11.1. The predicted octanol–water partition coefficient (Wildman–Crippen LogP) is 3.71. The lowest BCUT2D eigenvalue weighted by molar-refractivity contribution is 0.156. The molecule has 0 aromatic heterocycles. The van der Waals surface area contributed by atoms with Gasteiger partial charge in [0.05, 0.1) is 13.2 Å². The minimum absolute atomic E-state index is 0. The molecule has 27 heavy (non-hydrogen) atoms. The highest BCUT2D eigenvalue weighted by Crippen LogP contribution is 2.38. The van der Waals surface area contributed by atoms with Crippen LogP contribution >= 0.6 is 24.0 Å². The molecule has 1 N–H and O–H groups in total. The summed E-state index contributed by atoms with van der Waals surface area (Å²) in [6.07, 6.45) is 5.65. The highest BCUT2D eigenvalue weighted by molar-refractivity contribution is 14.0. The van der Waals surface area contributed by atoms with Gasteiger partial charge in [0.15, 0.2) is 5.96 Å². The fraction of sp³-hybridized carbons (Fsp3) is 0.667. The van der Waals surface area contributed by atoms with Gasteiger partial charge < -0.3 is 19.7 Å². The van der Waals surface area contributed by atoms with Gasteiger partial charge in [-0.3, -0.25) is 4.99 Å². The molecule has 1 atom stereocenters. The zero-order chi connectivity index (χ0) is 18.2. The van der Waals surface area contributed by atoms with Crippen molar-refractivity contribution >= 4 is 29.9 Å². The van der Waals surface area contributed by atoms with Gasteiger partial charge in [-0.15, -0.1) is 24.0 Å². The summed E-state index contributed by atoms with van der Waals surface area (Å²) in [6, 6.07) is 8.47. The molecule has 1 aromatic rings. The van der Waals surface area contributed by atoms with Gasteiger partial charge in [0.25, 0.3) is 0 Å². The van der Waals surface area contributed by atoms with E-state index < -0.39 is 0 Å². The Morgan fingerprint density at radius 1 is 1.30 bits per heavy atom. The molecule has 5 nitrogen and oxygen atoms in total. The summed E-state index contributed by atoms with van der Waals surface area (Å²) >= 11 is 0. The first kappa shape index (κ1) is 22.3. The van der Waals surface area contributed by atoms with Crippen molar-refractivity contribution in [3.63, 3.8) is 0 Å². The molecule has 2 heterocycles. The summed E-state index contributed by atoms with van der Waals surface area (Å²) in [5.41, 5.74) is 1.68. The molecule has 1 spiro atoms. The molecule has 0 radical (unpaired) electrons. The topological polar surface area (TPSA) is 46.1 Å². The third-order valence-electron chi connectivity index (χ3n) is 5.52. The van der Waals surface area contributed by atoms with E-state index in [9.17, 15) is 0 Å². The van der Waals surface area contributed by atoms with Crippen LogP contribution in [0.1, 0.15) is 38.2 Å². The van der Waals surface area contributed by atoms with E-state index in [-0.39, 0.29) is 24.0 Å². The number of aliphatic imine (C=N–C) groups is 1. The molecule has 0 saturated carbocycles. The second-order valence-electron chi connectivity index (χ2n) is 7.54. The molecule has 0 bridgehead atoms. The van der Waals surface area contributed by atoms with Gasteiger partial charge in [0.2, 0.25) is 0 Å². The Morgan fingerprint density at radius 3 is 2.78 bits per heavy atom. The van der Waals surface area contributed by atoms with Crippen molar-refractivity contribution in [2.75, 3.05) is 46.5 Å². The Bertz CT molecular complexity index is 586. The lowest BCUT2D eigenvalue weighted by atomic mass is 9.87. The van der Waals surface area contributed by atoms with Crippen molar-refractivity contribution in [2.45, 2.75) is 39.0 Å². The Kier molecular flexibility index (Phi) is 9.15. The van der Waals surface area contributed by atoms with E-state index in [2.05, 4.69) is 46.4 Å². The van der Waals surface area contributed by atoms with Crippen LogP contribution in [0.4, 0.5) is 0 Å². The molecule has 2 fully saturated rings. The van der Waals surface area contributed by atoms with Gasteiger partial charge in [-0.1, -0.05) is 25.5 Å². The van der Waals surface area contributed by atoms with Gasteiger partial charge in [0.1, 0.15) is 5.75 Å². The average molecular weight is 487 g/mol. The quantitative estimate of drug-likeness (QED) is 0.276. The predicted molar refractivity (Wildman–Crippen MR) is 121 cm³/mol. The van der Waals surface area contributed by atoms with E-state index in [0.29, 0.717) is 5.41 Å². The summed E-state index contributed by atoms with van der Waals surface area (Å²) in [5.74, 6) is 1.99. The van der Waals surface area contributed by atoms with Crippen molar-refractivity contribution in [2.24, 2.45) is 10.4 Å². The monoisotopic (exact) mass is 487 g/mol. The maximum atomic E-state index is 5.72. The standard InChI is InChI=1S/C21H33N3O2.HI/c1-3-4-14-26-19-7-5-18(6-8-19)9-12-23-20(22-2)24-13-10-21(16-24)11-15-25-17-21;/h5-8H,3-4,9-17H2,1-2H3,(H,22,23);1H. The van der Waals surface area contributed by atoms with E-state index >= 15 is 0 Å². The summed E-state index contributed by atoms with van der Waals surface area (Å²) in [7, 11) is 1.88. The molecule has 3 rings (SSSR count). The van der Waals surface area contributed by atoms with Gasteiger partial charge in [-0.25, -0.2) is 0 Å². The average Bonchev–Trinajstić information content (AvgIpc) is 3.30. The smallest absolute Gasteiger partial charge is 0.193 e. The van der Waals surface area contributed by atoms with Gasteiger partial charge in [-0.2, -0.15) is 0 Å². The maximum Gasteiger partial charge on any atom is 0.193 e. The van der Waals surface area contributed by atoms with Crippen LogP contribution in [0.2, 0.25) is 0 Å². The number of nitrogens with one attached hydrogen (secondary N) is 1.